The highest BCUT2D eigenvalue weighted by Crippen LogP contribution is 2.35. The van der Waals surface area contributed by atoms with Gasteiger partial charge in [0, 0.05) is 21.1 Å². The molecular weight excluding hydrogens is 450 g/mol. The van der Waals surface area contributed by atoms with Crippen LogP contribution in [-0.4, -0.2) is 18.0 Å². The molecule has 4 aromatic rings. The third-order valence-electron chi connectivity index (χ3n) is 4.60. The molecule has 3 N–H and O–H groups in total. The Bertz CT molecular complexity index is 1240. The van der Waals surface area contributed by atoms with Gasteiger partial charge in [0.05, 0.1) is 18.5 Å². The molecule has 0 unspecified atom stereocenters. The van der Waals surface area contributed by atoms with Crippen molar-refractivity contribution in [1.82, 2.24) is 4.98 Å². The van der Waals surface area contributed by atoms with Gasteiger partial charge in [-0.25, -0.2) is 4.98 Å². The molecule has 0 bridgehead atoms. The number of anilines is 2. The van der Waals surface area contributed by atoms with Gasteiger partial charge in [-0.1, -0.05) is 34.1 Å². The van der Waals surface area contributed by atoms with E-state index in [4.69, 9.17) is 15.5 Å². The van der Waals surface area contributed by atoms with E-state index < -0.39 is 0 Å². The van der Waals surface area contributed by atoms with Gasteiger partial charge in [-0.05, 0) is 48.9 Å². The number of rotatable bonds is 4. The van der Waals surface area contributed by atoms with Crippen LogP contribution >= 0.6 is 27.3 Å². The van der Waals surface area contributed by atoms with Gasteiger partial charge < -0.3 is 15.8 Å². The average Bonchev–Trinajstić information content (AvgIpc) is 3.07. The van der Waals surface area contributed by atoms with Crippen molar-refractivity contribution in [3.8, 4) is 17.0 Å². The Morgan fingerprint density at radius 2 is 2.00 bits per heavy atom. The number of halogens is 1. The summed E-state index contributed by atoms with van der Waals surface area (Å²) < 4.78 is 6.22. The lowest BCUT2D eigenvalue weighted by atomic mass is 10.1. The van der Waals surface area contributed by atoms with Crippen LogP contribution < -0.4 is 15.8 Å². The van der Waals surface area contributed by atoms with Crippen molar-refractivity contribution in [3.05, 3.63) is 69.5 Å². The minimum atomic E-state index is -0.246. The zero-order valence-corrected chi connectivity index (χ0v) is 18.2. The van der Waals surface area contributed by atoms with E-state index in [1.807, 2.05) is 61.5 Å². The number of methoxy groups -OCH3 is 1. The number of thiophene rings is 1. The maximum Gasteiger partial charge on any atom is 0.267 e. The first kappa shape index (κ1) is 19.4. The van der Waals surface area contributed by atoms with Crippen LogP contribution in [0, 0.1) is 6.92 Å². The van der Waals surface area contributed by atoms with E-state index in [1.165, 1.54) is 11.3 Å². The summed E-state index contributed by atoms with van der Waals surface area (Å²) in [6.45, 7) is 1.99. The van der Waals surface area contributed by atoms with Gasteiger partial charge in [0.2, 0.25) is 0 Å². The van der Waals surface area contributed by atoms with Crippen LogP contribution in [-0.2, 0) is 0 Å². The van der Waals surface area contributed by atoms with Crippen molar-refractivity contribution in [2.75, 3.05) is 18.2 Å². The molecule has 29 heavy (non-hydrogen) atoms. The first-order chi connectivity index (χ1) is 14.0. The highest BCUT2D eigenvalue weighted by Gasteiger charge is 2.18. The van der Waals surface area contributed by atoms with Gasteiger partial charge in [0.1, 0.15) is 15.5 Å². The molecule has 7 heteroatoms. The van der Waals surface area contributed by atoms with E-state index in [9.17, 15) is 4.79 Å². The van der Waals surface area contributed by atoms with Crippen molar-refractivity contribution in [1.29, 1.82) is 0 Å². The molecule has 0 atom stereocenters. The summed E-state index contributed by atoms with van der Waals surface area (Å²) >= 11 is 4.77. The first-order valence-corrected chi connectivity index (χ1v) is 10.5. The molecule has 0 aliphatic carbocycles. The summed E-state index contributed by atoms with van der Waals surface area (Å²) in [4.78, 5) is 18.7. The van der Waals surface area contributed by atoms with Gasteiger partial charge in [0.25, 0.3) is 5.91 Å². The normalized spacial score (nSPS) is 10.9. The molecule has 0 aliphatic rings. The lowest BCUT2D eigenvalue weighted by Crippen LogP contribution is -2.11. The maximum absolute atomic E-state index is 12.8. The fraction of sp³-hybridized carbons (Fsp3) is 0.0909. The maximum atomic E-state index is 12.8. The molecule has 0 radical (unpaired) electrons. The van der Waals surface area contributed by atoms with Gasteiger partial charge >= 0.3 is 0 Å². The number of hydrogen-bond donors (Lipinski definition) is 2. The molecule has 2 aromatic carbocycles. The van der Waals surface area contributed by atoms with Crippen molar-refractivity contribution in [2.24, 2.45) is 0 Å². The first-order valence-electron chi connectivity index (χ1n) is 8.87. The molecule has 4 rings (SSSR count). The Kier molecular flexibility index (Phi) is 5.25. The summed E-state index contributed by atoms with van der Waals surface area (Å²) in [5.74, 6) is 0.517. The summed E-state index contributed by atoms with van der Waals surface area (Å²) in [5, 5.41) is 3.68. The third kappa shape index (κ3) is 3.83. The van der Waals surface area contributed by atoms with Crippen LogP contribution in [0.15, 0.2) is 59.1 Å². The van der Waals surface area contributed by atoms with Gasteiger partial charge in [0.15, 0.2) is 0 Å². The third-order valence-corrected chi connectivity index (χ3v) is 6.56. The fourth-order valence-electron chi connectivity index (χ4n) is 2.97. The molecule has 5 nitrogen and oxygen atoms in total. The number of aromatic nitrogens is 1. The van der Waals surface area contributed by atoms with Crippen LogP contribution in [0.1, 0.15) is 15.2 Å². The van der Waals surface area contributed by atoms with E-state index in [0.717, 1.165) is 37.3 Å². The Labute approximate surface area is 180 Å². The number of pyridine rings is 1. The Hall–Kier alpha value is -2.90. The largest absolute Gasteiger partial charge is 0.497 e. The summed E-state index contributed by atoms with van der Waals surface area (Å²) in [6.07, 6.45) is 0. The van der Waals surface area contributed by atoms with Crippen LogP contribution in [0.25, 0.3) is 21.5 Å². The quantitative estimate of drug-likeness (QED) is 0.392. The molecule has 0 spiro atoms. The van der Waals surface area contributed by atoms with Crippen LogP contribution in [0.4, 0.5) is 11.4 Å². The lowest BCUT2D eigenvalue weighted by molar-refractivity contribution is 0.103. The predicted molar refractivity (Wildman–Crippen MR) is 123 cm³/mol. The zero-order valence-electron chi connectivity index (χ0n) is 15.8. The summed E-state index contributed by atoms with van der Waals surface area (Å²) in [6, 6.07) is 17.2. The SMILES string of the molecule is COc1cccc(-c2ccc3c(N)c(C(=O)Nc4ccc(C)c(Br)c4)sc3n2)c1. The van der Waals surface area contributed by atoms with Gasteiger partial charge in [-0.2, -0.15) is 0 Å². The van der Waals surface area contributed by atoms with E-state index in [0.29, 0.717) is 16.3 Å². The number of nitrogens with two attached hydrogens (primary N) is 1. The lowest BCUT2D eigenvalue weighted by Gasteiger charge is -2.06. The zero-order chi connectivity index (χ0) is 20.5. The van der Waals surface area contributed by atoms with E-state index >= 15 is 0 Å². The number of amides is 1. The Morgan fingerprint density at radius 1 is 1.17 bits per heavy atom. The smallest absolute Gasteiger partial charge is 0.267 e. The predicted octanol–water partition coefficient (Wildman–Crippen LogP) is 5.88. The summed E-state index contributed by atoms with van der Waals surface area (Å²) in [5.41, 5.74) is 10.2. The molecule has 1 amide bonds. The molecule has 2 heterocycles. The second kappa shape index (κ2) is 7.85. The number of ether oxygens (including phenoxy) is 1. The topological polar surface area (TPSA) is 77.2 Å². The monoisotopic (exact) mass is 467 g/mol. The molecule has 2 aromatic heterocycles. The number of hydrogen-bond acceptors (Lipinski definition) is 5. The number of benzene rings is 2. The standard InChI is InChI=1S/C22H18BrN3O2S/c1-12-6-7-14(11-17(12)23)25-21(27)20-19(24)16-8-9-18(26-22(16)29-20)13-4-3-5-15(10-13)28-2/h3-11H,24H2,1-2H3,(H,25,27). The van der Waals surface area contributed by atoms with E-state index in [1.54, 1.807) is 7.11 Å². The molecule has 0 fully saturated rings. The van der Waals surface area contributed by atoms with Crippen molar-refractivity contribution < 1.29 is 9.53 Å². The number of carbonyl (C=O) groups is 1. The van der Waals surface area contributed by atoms with E-state index in [-0.39, 0.29) is 5.91 Å². The number of carbonyl (C=O) groups excluding carboxylic acids is 1. The molecule has 0 saturated carbocycles. The van der Waals surface area contributed by atoms with Crippen molar-refractivity contribution in [3.63, 3.8) is 0 Å². The van der Waals surface area contributed by atoms with Crippen LogP contribution in [0.2, 0.25) is 0 Å². The Morgan fingerprint density at radius 3 is 2.76 bits per heavy atom. The van der Waals surface area contributed by atoms with Crippen molar-refractivity contribution >= 4 is 54.8 Å². The molecule has 146 valence electrons. The average molecular weight is 468 g/mol. The molecule has 0 aliphatic heterocycles. The highest BCUT2D eigenvalue weighted by molar-refractivity contribution is 9.10. The fourth-order valence-corrected chi connectivity index (χ4v) is 4.34. The number of nitrogens with one attached hydrogen (secondary N) is 1. The molecule has 0 saturated heterocycles. The highest BCUT2D eigenvalue weighted by atomic mass is 79.9. The number of nitrogen functional groups attached to an aromatic ring is 1. The van der Waals surface area contributed by atoms with Crippen molar-refractivity contribution in [2.45, 2.75) is 6.92 Å². The van der Waals surface area contributed by atoms with Gasteiger partial charge in [-0.3, -0.25) is 4.79 Å². The number of aryl methyl sites for hydroxylation is 1. The summed E-state index contributed by atoms with van der Waals surface area (Å²) in [7, 11) is 1.63. The number of fused-ring (bicyclic) bond motifs is 1. The minimum absolute atomic E-state index is 0.246. The Balaban J connectivity index is 1.67. The van der Waals surface area contributed by atoms with Gasteiger partial charge in [-0.15, -0.1) is 11.3 Å². The second-order valence-electron chi connectivity index (χ2n) is 6.54. The van der Waals surface area contributed by atoms with Crippen LogP contribution in [0.3, 0.4) is 0 Å². The molecular formula is C22H18BrN3O2S. The second-order valence-corrected chi connectivity index (χ2v) is 8.40. The van der Waals surface area contributed by atoms with E-state index in [2.05, 4.69) is 21.2 Å². The minimum Gasteiger partial charge on any atom is -0.497 e. The number of nitrogens with zero attached hydrogens (tertiary/aromatic N) is 1. The van der Waals surface area contributed by atoms with Crippen LogP contribution in [0.5, 0.6) is 5.75 Å².